The summed E-state index contributed by atoms with van der Waals surface area (Å²) in [7, 11) is 0. The van der Waals surface area contributed by atoms with Gasteiger partial charge in [-0.2, -0.15) is 0 Å². The summed E-state index contributed by atoms with van der Waals surface area (Å²) in [6.07, 6.45) is 1.46. The summed E-state index contributed by atoms with van der Waals surface area (Å²) in [5, 5.41) is 11.5. The fraction of sp³-hybridized carbons (Fsp3) is 0.467. The average Bonchev–Trinajstić information content (AvgIpc) is 3.10. The summed E-state index contributed by atoms with van der Waals surface area (Å²) in [4.78, 5) is 0. The number of ether oxygens (including phenoxy) is 1. The lowest BCUT2D eigenvalue weighted by Gasteiger charge is -2.13. The molecular weight excluding hydrogens is 254 g/mol. The third-order valence-corrected chi connectivity index (χ3v) is 3.70. The molecular formula is C15H19N3O2. The standard InChI is InChI=1S/C15H19N3O2/c1-11-13(7-8-19-11)9-16-10-14-17-18-15(20-14)12-5-3-2-4-6-12/h2-6,11,13,16H,7-10H2,1H3. The van der Waals surface area contributed by atoms with Gasteiger partial charge in [0.2, 0.25) is 11.8 Å². The van der Waals surface area contributed by atoms with Crippen LogP contribution in [0.5, 0.6) is 0 Å². The number of rotatable bonds is 5. The third kappa shape index (κ3) is 3.05. The Bertz CT molecular complexity index is 541. The lowest BCUT2D eigenvalue weighted by atomic mass is 10.0. The van der Waals surface area contributed by atoms with E-state index in [1.807, 2.05) is 30.3 Å². The summed E-state index contributed by atoms with van der Waals surface area (Å²) >= 11 is 0. The van der Waals surface area contributed by atoms with Crippen molar-refractivity contribution in [3.05, 3.63) is 36.2 Å². The van der Waals surface area contributed by atoms with Gasteiger partial charge >= 0.3 is 0 Å². The molecule has 1 aromatic heterocycles. The highest BCUT2D eigenvalue weighted by Gasteiger charge is 2.23. The van der Waals surface area contributed by atoms with Gasteiger partial charge in [0.25, 0.3) is 0 Å². The zero-order chi connectivity index (χ0) is 13.8. The quantitative estimate of drug-likeness (QED) is 0.905. The first-order chi connectivity index (χ1) is 9.83. The van der Waals surface area contributed by atoms with Crippen LogP contribution in [0.25, 0.3) is 11.5 Å². The predicted octanol–water partition coefficient (Wildman–Crippen LogP) is 2.25. The minimum absolute atomic E-state index is 0.338. The van der Waals surface area contributed by atoms with E-state index in [-0.39, 0.29) is 0 Å². The second kappa shape index (κ2) is 6.15. The van der Waals surface area contributed by atoms with E-state index < -0.39 is 0 Å². The Kier molecular flexibility index (Phi) is 4.08. The first kappa shape index (κ1) is 13.3. The minimum Gasteiger partial charge on any atom is -0.419 e. The minimum atomic E-state index is 0.338. The molecule has 0 saturated carbocycles. The second-order valence-corrected chi connectivity index (χ2v) is 5.12. The smallest absolute Gasteiger partial charge is 0.247 e. The Balaban J connectivity index is 1.53. The van der Waals surface area contributed by atoms with Crippen molar-refractivity contribution >= 4 is 0 Å². The number of benzene rings is 1. The number of aromatic nitrogens is 2. The molecule has 106 valence electrons. The summed E-state index contributed by atoms with van der Waals surface area (Å²) in [6, 6.07) is 9.80. The predicted molar refractivity (Wildman–Crippen MR) is 75.0 cm³/mol. The van der Waals surface area contributed by atoms with Gasteiger partial charge in [-0.1, -0.05) is 18.2 Å². The summed E-state index contributed by atoms with van der Waals surface area (Å²) in [5.41, 5.74) is 0.948. The Morgan fingerprint density at radius 2 is 2.10 bits per heavy atom. The molecule has 0 bridgehead atoms. The molecule has 0 radical (unpaired) electrons. The topological polar surface area (TPSA) is 60.2 Å². The monoisotopic (exact) mass is 273 g/mol. The molecule has 2 atom stereocenters. The molecule has 2 aromatic rings. The number of hydrogen-bond acceptors (Lipinski definition) is 5. The van der Waals surface area contributed by atoms with Gasteiger partial charge in [0, 0.05) is 18.7 Å². The number of nitrogens with one attached hydrogen (secondary N) is 1. The van der Waals surface area contributed by atoms with Crippen LogP contribution in [0.1, 0.15) is 19.2 Å². The van der Waals surface area contributed by atoms with Crippen molar-refractivity contribution < 1.29 is 9.15 Å². The maximum absolute atomic E-state index is 5.65. The van der Waals surface area contributed by atoms with E-state index in [0.29, 0.717) is 30.3 Å². The Hall–Kier alpha value is -1.72. The Labute approximate surface area is 118 Å². The van der Waals surface area contributed by atoms with E-state index in [0.717, 1.165) is 25.1 Å². The zero-order valence-electron chi connectivity index (χ0n) is 11.6. The van der Waals surface area contributed by atoms with Crippen LogP contribution in [0.4, 0.5) is 0 Å². The summed E-state index contributed by atoms with van der Waals surface area (Å²) in [5.74, 6) is 1.77. The Morgan fingerprint density at radius 3 is 2.85 bits per heavy atom. The SMILES string of the molecule is CC1OCCC1CNCc1nnc(-c2ccccc2)o1. The number of hydrogen-bond donors (Lipinski definition) is 1. The maximum Gasteiger partial charge on any atom is 0.247 e. The Morgan fingerprint density at radius 1 is 1.25 bits per heavy atom. The van der Waals surface area contributed by atoms with Gasteiger partial charge in [-0.3, -0.25) is 0 Å². The van der Waals surface area contributed by atoms with E-state index in [1.54, 1.807) is 0 Å². The van der Waals surface area contributed by atoms with Crippen molar-refractivity contribution in [3.63, 3.8) is 0 Å². The highest BCUT2D eigenvalue weighted by molar-refractivity contribution is 5.51. The molecule has 1 aromatic carbocycles. The van der Waals surface area contributed by atoms with Gasteiger partial charge in [0.05, 0.1) is 12.6 Å². The van der Waals surface area contributed by atoms with E-state index in [2.05, 4.69) is 22.4 Å². The second-order valence-electron chi connectivity index (χ2n) is 5.12. The van der Waals surface area contributed by atoms with Crippen LogP contribution in [0.3, 0.4) is 0 Å². The van der Waals surface area contributed by atoms with Crippen LogP contribution in [0, 0.1) is 5.92 Å². The van der Waals surface area contributed by atoms with Gasteiger partial charge in [0.1, 0.15) is 0 Å². The van der Waals surface area contributed by atoms with Crippen LogP contribution in [0.2, 0.25) is 0 Å². The molecule has 1 fully saturated rings. The zero-order valence-corrected chi connectivity index (χ0v) is 11.6. The molecule has 1 aliphatic heterocycles. The van der Waals surface area contributed by atoms with E-state index in [1.165, 1.54) is 0 Å². The van der Waals surface area contributed by atoms with Crippen molar-refractivity contribution in [1.29, 1.82) is 0 Å². The molecule has 1 aliphatic rings. The normalized spacial score (nSPS) is 22.2. The lowest BCUT2D eigenvalue weighted by molar-refractivity contribution is 0.105. The maximum atomic E-state index is 5.65. The average molecular weight is 273 g/mol. The number of nitrogens with zero attached hydrogens (tertiary/aromatic N) is 2. The van der Waals surface area contributed by atoms with Crippen molar-refractivity contribution in [2.45, 2.75) is 26.0 Å². The molecule has 2 heterocycles. The molecule has 1 saturated heterocycles. The van der Waals surface area contributed by atoms with Gasteiger partial charge in [0.15, 0.2) is 0 Å². The summed E-state index contributed by atoms with van der Waals surface area (Å²) < 4.78 is 11.2. The fourth-order valence-electron chi connectivity index (χ4n) is 2.43. The molecule has 0 aliphatic carbocycles. The first-order valence-electron chi connectivity index (χ1n) is 7.03. The van der Waals surface area contributed by atoms with Crippen LogP contribution < -0.4 is 5.32 Å². The lowest BCUT2D eigenvalue weighted by Crippen LogP contribution is -2.26. The highest BCUT2D eigenvalue weighted by Crippen LogP contribution is 2.20. The summed E-state index contributed by atoms with van der Waals surface area (Å²) in [6.45, 7) is 4.51. The van der Waals surface area contributed by atoms with E-state index in [4.69, 9.17) is 9.15 Å². The molecule has 0 amide bonds. The molecule has 20 heavy (non-hydrogen) atoms. The molecule has 1 N–H and O–H groups in total. The molecule has 2 unspecified atom stereocenters. The van der Waals surface area contributed by atoms with Gasteiger partial charge < -0.3 is 14.5 Å². The molecule has 0 spiro atoms. The van der Waals surface area contributed by atoms with Crippen molar-refractivity contribution in [3.8, 4) is 11.5 Å². The largest absolute Gasteiger partial charge is 0.419 e. The van der Waals surface area contributed by atoms with E-state index in [9.17, 15) is 0 Å². The van der Waals surface area contributed by atoms with Crippen LogP contribution in [0.15, 0.2) is 34.7 Å². The molecule has 5 heteroatoms. The van der Waals surface area contributed by atoms with Crippen LogP contribution in [-0.2, 0) is 11.3 Å². The first-order valence-corrected chi connectivity index (χ1v) is 7.03. The van der Waals surface area contributed by atoms with Crippen molar-refractivity contribution in [2.75, 3.05) is 13.2 Å². The van der Waals surface area contributed by atoms with Crippen molar-refractivity contribution in [2.24, 2.45) is 5.92 Å². The molecule has 3 rings (SSSR count). The van der Waals surface area contributed by atoms with Crippen LogP contribution >= 0.6 is 0 Å². The van der Waals surface area contributed by atoms with Gasteiger partial charge in [-0.05, 0) is 31.4 Å². The fourth-order valence-corrected chi connectivity index (χ4v) is 2.43. The van der Waals surface area contributed by atoms with E-state index >= 15 is 0 Å². The van der Waals surface area contributed by atoms with Crippen LogP contribution in [-0.4, -0.2) is 29.5 Å². The highest BCUT2D eigenvalue weighted by atomic mass is 16.5. The van der Waals surface area contributed by atoms with Gasteiger partial charge in [-0.25, -0.2) is 0 Å². The third-order valence-electron chi connectivity index (χ3n) is 3.70. The molecule has 5 nitrogen and oxygen atoms in total. The van der Waals surface area contributed by atoms with Gasteiger partial charge in [-0.15, -0.1) is 10.2 Å². The van der Waals surface area contributed by atoms with Crippen molar-refractivity contribution in [1.82, 2.24) is 15.5 Å².